The van der Waals surface area contributed by atoms with Crippen molar-refractivity contribution in [3.05, 3.63) is 33.8 Å². The van der Waals surface area contributed by atoms with Crippen molar-refractivity contribution in [2.45, 2.75) is 39.2 Å². The Kier molecular flexibility index (Phi) is 4.55. The summed E-state index contributed by atoms with van der Waals surface area (Å²) in [4.78, 5) is 12.4. The fraction of sp³-hybridized carbons (Fsp3) is 0.562. The van der Waals surface area contributed by atoms with Crippen LogP contribution in [0.25, 0.3) is 0 Å². The molecule has 0 spiro atoms. The van der Waals surface area contributed by atoms with Crippen LogP contribution in [-0.4, -0.2) is 24.7 Å². The number of hydrogen-bond donors (Lipinski definition) is 1. The Morgan fingerprint density at radius 1 is 1.35 bits per heavy atom. The third-order valence-corrected chi connectivity index (χ3v) is 4.05. The lowest BCUT2D eigenvalue weighted by atomic mass is 9.86. The molecule has 0 saturated carbocycles. The molecular formula is C16H22BrNO2. The van der Waals surface area contributed by atoms with Crippen molar-refractivity contribution in [2.24, 2.45) is 5.92 Å². The van der Waals surface area contributed by atoms with Gasteiger partial charge in [0.25, 0.3) is 0 Å². The maximum Gasteiger partial charge on any atom is 0.311 e. The Morgan fingerprint density at radius 3 is 2.65 bits per heavy atom. The maximum atomic E-state index is 12.4. The highest BCUT2D eigenvalue weighted by Gasteiger charge is 2.37. The van der Waals surface area contributed by atoms with Crippen molar-refractivity contribution in [1.82, 2.24) is 5.32 Å². The Balaban J connectivity index is 2.21. The summed E-state index contributed by atoms with van der Waals surface area (Å²) in [5.41, 5.74) is 2.01. The molecule has 1 aromatic rings. The van der Waals surface area contributed by atoms with Gasteiger partial charge in [0, 0.05) is 23.5 Å². The van der Waals surface area contributed by atoms with Crippen LogP contribution in [0.4, 0.5) is 0 Å². The van der Waals surface area contributed by atoms with Gasteiger partial charge in [-0.25, -0.2) is 0 Å². The van der Waals surface area contributed by atoms with Gasteiger partial charge in [-0.05, 0) is 51.0 Å². The van der Waals surface area contributed by atoms with Crippen LogP contribution in [0.3, 0.4) is 0 Å². The number of halogens is 1. The van der Waals surface area contributed by atoms with Crippen LogP contribution in [0, 0.1) is 12.8 Å². The monoisotopic (exact) mass is 339 g/mol. The first-order chi connectivity index (χ1) is 9.28. The van der Waals surface area contributed by atoms with Crippen LogP contribution in [-0.2, 0) is 9.53 Å². The van der Waals surface area contributed by atoms with Gasteiger partial charge in [-0.2, -0.15) is 0 Å². The normalized spacial score (nSPS) is 22.9. The van der Waals surface area contributed by atoms with Crippen LogP contribution >= 0.6 is 15.9 Å². The summed E-state index contributed by atoms with van der Waals surface area (Å²) < 4.78 is 6.62. The van der Waals surface area contributed by atoms with Gasteiger partial charge >= 0.3 is 5.97 Å². The van der Waals surface area contributed by atoms with Gasteiger partial charge in [0.1, 0.15) is 5.60 Å². The Morgan fingerprint density at radius 2 is 2.05 bits per heavy atom. The molecule has 1 aliphatic heterocycles. The molecule has 2 unspecified atom stereocenters. The second-order valence-electron chi connectivity index (χ2n) is 6.41. The van der Waals surface area contributed by atoms with E-state index in [2.05, 4.69) is 40.3 Å². The van der Waals surface area contributed by atoms with Gasteiger partial charge in [0.05, 0.1) is 5.92 Å². The molecule has 20 heavy (non-hydrogen) atoms. The van der Waals surface area contributed by atoms with Crippen molar-refractivity contribution in [1.29, 1.82) is 0 Å². The van der Waals surface area contributed by atoms with Crippen LogP contribution in [0.2, 0.25) is 0 Å². The number of hydrogen-bond acceptors (Lipinski definition) is 3. The van der Waals surface area contributed by atoms with Gasteiger partial charge in [-0.15, -0.1) is 0 Å². The fourth-order valence-corrected chi connectivity index (χ4v) is 3.16. The van der Waals surface area contributed by atoms with E-state index in [4.69, 9.17) is 4.74 Å². The van der Waals surface area contributed by atoms with E-state index >= 15 is 0 Å². The molecule has 2 rings (SSSR count). The first-order valence-corrected chi connectivity index (χ1v) is 7.77. The molecule has 0 amide bonds. The number of rotatable bonds is 2. The predicted octanol–water partition coefficient (Wildman–Crippen LogP) is 3.40. The topological polar surface area (TPSA) is 38.3 Å². The molecular weight excluding hydrogens is 318 g/mol. The Hall–Kier alpha value is -0.870. The average Bonchev–Trinajstić information content (AvgIpc) is 2.75. The molecule has 0 bridgehead atoms. The van der Waals surface area contributed by atoms with E-state index in [9.17, 15) is 4.79 Å². The molecule has 1 aliphatic rings. The van der Waals surface area contributed by atoms with Crippen molar-refractivity contribution >= 4 is 21.9 Å². The summed E-state index contributed by atoms with van der Waals surface area (Å²) in [5, 5.41) is 3.32. The number of nitrogens with one attached hydrogen (secondary N) is 1. The molecule has 0 aliphatic carbocycles. The van der Waals surface area contributed by atoms with Crippen molar-refractivity contribution in [3.8, 4) is 0 Å². The number of benzene rings is 1. The van der Waals surface area contributed by atoms with Gasteiger partial charge in [-0.3, -0.25) is 4.79 Å². The van der Waals surface area contributed by atoms with Gasteiger partial charge in [0.2, 0.25) is 0 Å². The van der Waals surface area contributed by atoms with Gasteiger partial charge in [0.15, 0.2) is 0 Å². The zero-order chi connectivity index (χ0) is 14.9. The quantitative estimate of drug-likeness (QED) is 0.839. The molecule has 4 heteroatoms. The number of carbonyl (C=O) groups is 1. The summed E-state index contributed by atoms with van der Waals surface area (Å²) in [7, 11) is 0. The number of carbonyl (C=O) groups excluding carboxylic acids is 1. The van der Waals surface area contributed by atoms with Crippen LogP contribution in [0.1, 0.15) is 37.8 Å². The van der Waals surface area contributed by atoms with E-state index in [-0.39, 0.29) is 17.8 Å². The van der Waals surface area contributed by atoms with Crippen LogP contribution in [0.15, 0.2) is 22.7 Å². The number of esters is 1. The smallest absolute Gasteiger partial charge is 0.311 e. The second kappa shape index (κ2) is 5.86. The highest BCUT2D eigenvalue weighted by molar-refractivity contribution is 9.10. The summed E-state index contributed by atoms with van der Waals surface area (Å²) in [6.45, 7) is 9.33. The van der Waals surface area contributed by atoms with Crippen molar-refractivity contribution in [3.63, 3.8) is 0 Å². The molecule has 2 atom stereocenters. The van der Waals surface area contributed by atoms with E-state index in [1.807, 2.05) is 26.8 Å². The summed E-state index contributed by atoms with van der Waals surface area (Å²) in [6, 6.07) is 6.24. The van der Waals surface area contributed by atoms with E-state index in [0.717, 1.165) is 11.0 Å². The maximum absolute atomic E-state index is 12.4. The number of aryl methyl sites for hydroxylation is 1. The first-order valence-electron chi connectivity index (χ1n) is 6.97. The lowest BCUT2D eigenvalue weighted by Crippen LogP contribution is -2.31. The molecule has 1 fully saturated rings. The van der Waals surface area contributed by atoms with E-state index < -0.39 is 5.60 Å². The van der Waals surface area contributed by atoms with Crippen LogP contribution in [0.5, 0.6) is 0 Å². The first kappa shape index (κ1) is 15.5. The van der Waals surface area contributed by atoms with E-state index in [1.54, 1.807) is 0 Å². The van der Waals surface area contributed by atoms with Crippen molar-refractivity contribution in [2.75, 3.05) is 13.1 Å². The summed E-state index contributed by atoms with van der Waals surface area (Å²) >= 11 is 3.48. The SMILES string of the molecule is Cc1cc(Br)ccc1C1CNCC1C(=O)OC(C)(C)C. The fourth-order valence-electron chi connectivity index (χ4n) is 2.69. The Bertz CT molecular complexity index is 508. The zero-order valence-electron chi connectivity index (χ0n) is 12.5. The molecule has 0 radical (unpaired) electrons. The molecule has 110 valence electrons. The minimum Gasteiger partial charge on any atom is -0.460 e. The highest BCUT2D eigenvalue weighted by Crippen LogP contribution is 2.33. The third kappa shape index (κ3) is 3.61. The highest BCUT2D eigenvalue weighted by atomic mass is 79.9. The largest absolute Gasteiger partial charge is 0.460 e. The molecule has 1 saturated heterocycles. The second-order valence-corrected chi connectivity index (χ2v) is 7.32. The van der Waals surface area contributed by atoms with Crippen LogP contribution < -0.4 is 5.32 Å². The molecule has 1 aromatic carbocycles. The zero-order valence-corrected chi connectivity index (χ0v) is 14.1. The van der Waals surface area contributed by atoms with Gasteiger partial charge < -0.3 is 10.1 Å². The molecule has 1 N–H and O–H groups in total. The van der Waals surface area contributed by atoms with Gasteiger partial charge in [-0.1, -0.05) is 22.0 Å². The van der Waals surface area contributed by atoms with E-state index in [1.165, 1.54) is 11.1 Å². The lowest BCUT2D eigenvalue weighted by molar-refractivity contribution is -0.159. The predicted molar refractivity (Wildman–Crippen MR) is 83.8 cm³/mol. The summed E-state index contributed by atoms with van der Waals surface area (Å²) in [6.07, 6.45) is 0. The standard InChI is InChI=1S/C16H22BrNO2/c1-10-7-11(17)5-6-12(10)13-8-18-9-14(13)15(19)20-16(2,3)4/h5-7,13-14,18H,8-9H2,1-4H3. The lowest BCUT2D eigenvalue weighted by Gasteiger charge is -2.25. The molecule has 3 nitrogen and oxygen atoms in total. The minimum absolute atomic E-state index is 0.102. The van der Waals surface area contributed by atoms with E-state index in [0.29, 0.717) is 6.54 Å². The summed E-state index contributed by atoms with van der Waals surface area (Å²) in [5.74, 6) is -0.0122. The molecule has 1 heterocycles. The third-order valence-electron chi connectivity index (χ3n) is 3.56. The molecule has 0 aromatic heterocycles. The Labute approximate surface area is 129 Å². The minimum atomic E-state index is -0.432. The number of ether oxygens (including phenoxy) is 1. The average molecular weight is 340 g/mol. The van der Waals surface area contributed by atoms with Crippen molar-refractivity contribution < 1.29 is 9.53 Å².